The van der Waals surface area contributed by atoms with Gasteiger partial charge in [-0.3, -0.25) is 4.99 Å². The fraction of sp³-hybridized carbons (Fsp3) is 0.273. The molecule has 5 aromatic rings. The molecule has 202 valence electrons. The smallest absolute Gasteiger partial charge is 0.197 e. The van der Waals surface area contributed by atoms with Gasteiger partial charge in [-0.1, -0.05) is 60.7 Å². The van der Waals surface area contributed by atoms with Gasteiger partial charge in [-0.05, 0) is 66.5 Å². The van der Waals surface area contributed by atoms with Crippen molar-refractivity contribution in [3.05, 3.63) is 113 Å². The Morgan fingerprint density at radius 3 is 2.65 bits per heavy atom. The number of aliphatic imine (C=N–C) groups is 1. The van der Waals surface area contributed by atoms with Gasteiger partial charge in [0.25, 0.3) is 0 Å². The van der Waals surface area contributed by atoms with Crippen molar-refractivity contribution in [3.63, 3.8) is 0 Å². The predicted octanol–water partition coefficient (Wildman–Crippen LogP) is 5.88. The largest absolute Gasteiger partial charge is 0.497 e. The van der Waals surface area contributed by atoms with Gasteiger partial charge in [0.2, 0.25) is 0 Å². The van der Waals surface area contributed by atoms with E-state index in [2.05, 4.69) is 105 Å². The fourth-order valence-electron chi connectivity index (χ4n) is 6.25. The molecule has 0 spiro atoms. The first-order valence-electron chi connectivity index (χ1n) is 14.1. The van der Waals surface area contributed by atoms with Crippen LogP contribution in [-0.2, 0) is 25.8 Å². The molecule has 2 aromatic heterocycles. The molecule has 0 saturated carbocycles. The normalized spacial score (nSPS) is 18.8. The summed E-state index contributed by atoms with van der Waals surface area (Å²) in [6.07, 6.45) is 6.04. The van der Waals surface area contributed by atoms with E-state index in [0.717, 1.165) is 49.8 Å². The molecule has 0 saturated heterocycles. The number of nitrogens with one attached hydrogen (secondary N) is 3. The molecule has 3 aromatic carbocycles. The van der Waals surface area contributed by atoms with Crippen molar-refractivity contribution < 1.29 is 4.74 Å². The van der Waals surface area contributed by atoms with E-state index in [4.69, 9.17) is 14.8 Å². The number of fused-ring (bicyclic) bond motifs is 1. The maximum Gasteiger partial charge on any atom is 0.197 e. The molecule has 1 aliphatic heterocycles. The zero-order chi connectivity index (χ0) is 26.9. The topological polar surface area (TPSA) is 79.3 Å². The third-order valence-corrected chi connectivity index (χ3v) is 8.29. The molecule has 2 aliphatic rings. The van der Waals surface area contributed by atoms with E-state index in [-0.39, 0.29) is 6.04 Å². The highest BCUT2D eigenvalue weighted by Gasteiger charge is 2.39. The van der Waals surface area contributed by atoms with E-state index in [0.29, 0.717) is 12.5 Å². The highest BCUT2D eigenvalue weighted by Crippen LogP contribution is 2.42. The number of methoxy groups -OCH3 is 1. The van der Waals surface area contributed by atoms with E-state index >= 15 is 0 Å². The first kappa shape index (κ1) is 24.5. The highest BCUT2D eigenvalue weighted by atomic mass is 16.5. The maximum atomic E-state index is 5.38. The van der Waals surface area contributed by atoms with Crippen molar-refractivity contribution >= 4 is 22.7 Å². The number of hydrogen-bond donors (Lipinski definition) is 3. The van der Waals surface area contributed by atoms with Crippen LogP contribution < -0.4 is 15.4 Å². The minimum absolute atomic E-state index is 0.165. The van der Waals surface area contributed by atoms with Gasteiger partial charge < -0.3 is 20.4 Å². The van der Waals surface area contributed by atoms with Gasteiger partial charge in [0.15, 0.2) is 5.96 Å². The third kappa shape index (κ3) is 4.72. The number of H-pyrrole nitrogens is 1. The fourth-order valence-corrected chi connectivity index (χ4v) is 6.25. The summed E-state index contributed by atoms with van der Waals surface area (Å²) in [6.45, 7) is 1.43. The van der Waals surface area contributed by atoms with Crippen LogP contribution in [0.25, 0.3) is 10.9 Å². The van der Waals surface area contributed by atoms with Gasteiger partial charge in [-0.25, -0.2) is 4.68 Å². The number of hydrogen-bond acceptors (Lipinski definition) is 3. The number of benzene rings is 3. The number of aromatic nitrogens is 3. The van der Waals surface area contributed by atoms with Gasteiger partial charge in [-0.15, -0.1) is 0 Å². The molecular weight excluding hydrogens is 496 g/mol. The minimum Gasteiger partial charge on any atom is -0.497 e. The summed E-state index contributed by atoms with van der Waals surface area (Å²) in [5, 5.41) is 13.8. The lowest BCUT2D eigenvalue weighted by Crippen LogP contribution is -2.45. The number of aryl methyl sites for hydroxylation is 1. The Kier molecular flexibility index (Phi) is 6.48. The number of para-hydroxylation sites is 1. The summed E-state index contributed by atoms with van der Waals surface area (Å²) in [5.74, 6) is 3.24. The van der Waals surface area contributed by atoms with Crippen LogP contribution in [0.4, 0.5) is 5.82 Å². The Balaban J connectivity index is 1.18. The zero-order valence-corrected chi connectivity index (χ0v) is 22.7. The van der Waals surface area contributed by atoms with E-state index in [1.54, 1.807) is 7.11 Å². The third-order valence-electron chi connectivity index (χ3n) is 8.29. The summed E-state index contributed by atoms with van der Waals surface area (Å²) >= 11 is 0. The Morgan fingerprint density at radius 1 is 0.975 bits per heavy atom. The van der Waals surface area contributed by atoms with E-state index in [1.165, 1.54) is 38.9 Å². The first-order valence-corrected chi connectivity index (χ1v) is 14.1. The second-order valence-electron chi connectivity index (χ2n) is 10.8. The van der Waals surface area contributed by atoms with E-state index in [9.17, 15) is 0 Å². The van der Waals surface area contributed by atoms with Crippen LogP contribution in [0, 0.1) is 5.92 Å². The monoisotopic (exact) mass is 530 g/mol. The zero-order valence-electron chi connectivity index (χ0n) is 22.7. The molecule has 1 aliphatic carbocycles. The van der Waals surface area contributed by atoms with Gasteiger partial charge >= 0.3 is 0 Å². The van der Waals surface area contributed by atoms with Crippen LogP contribution in [0.2, 0.25) is 0 Å². The van der Waals surface area contributed by atoms with Crippen molar-refractivity contribution in [2.24, 2.45) is 10.9 Å². The number of ether oxygens (including phenoxy) is 1. The van der Waals surface area contributed by atoms with Crippen LogP contribution in [0.1, 0.15) is 40.4 Å². The Morgan fingerprint density at radius 2 is 1.80 bits per heavy atom. The molecule has 7 nitrogen and oxygen atoms in total. The van der Waals surface area contributed by atoms with Crippen molar-refractivity contribution in [1.82, 2.24) is 20.1 Å². The molecule has 7 rings (SSSR count). The lowest BCUT2D eigenvalue weighted by Gasteiger charge is -2.37. The average molecular weight is 531 g/mol. The summed E-state index contributed by atoms with van der Waals surface area (Å²) in [4.78, 5) is 8.41. The summed E-state index contributed by atoms with van der Waals surface area (Å²) in [6, 6.07) is 27.7. The number of nitrogens with zero attached hydrogens (tertiary/aromatic N) is 3. The molecule has 0 amide bonds. The highest BCUT2D eigenvalue weighted by molar-refractivity contribution is 5.96. The van der Waals surface area contributed by atoms with Crippen LogP contribution in [0.15, 0.2) is 90.1 Å². The molecule has 7 heteroatoms. The summed E-state index contributed by atoms with van der Waals surface area (Å²) in [7, 11) is 1.71. The van der Waals surface area contributed by atoms with Crippen molar-refractivity contribution in [2.45, 2.75) is 38.3 Å². The van der Waals surface area contributed by atoms with Crippen LogP contribution in [0.3, 0.4) is 0 Å². The molecule has 0 radical (unpaired) electrons. The first-order chi connectivity index (χ1) is 19.7. The molecule has 3 N–H and O–H groups in total. The SMILES string of the molecule is COc1ccc(CC2CCc3nn(Cc4ccccc4)c4c3C2NC(=NCCc2c[nH]c3ccccc23)N4)cc1. The molecule has 2 unspecified atom stereocenters. The lowest BCUT2D eigenvalue weighted by molar-refractivity contribution is 0.347. The van der Waals surface area contributed by atoms with Crippen LogP contribution in [-0.4, -0.2) is 34.4 Å². The lowest BCUT2D eigenvalue weighted by atomic mass is 9.78. The molecule has 2 atom stereocenters. The van der Waals surface area contributed by atoms with Crippen LogP contribution >= 0.6 is 0 Å². The molecule has 0 fully saturated rings. The standard InChI is InChI=1S/C33H34N6O/c1-40-26-14-11-22(12-15-26)19-24-13-16-29-30-31(24)36-33(34-18-17-25-20-35-28-10-6-5-9-27(25)28)37-32(30)39(38-29)21-23-7-3-2-4-8-23/h2-12,14-15,20,24,31,35H,13,16-19,21H2,1H3,(H2,34,36,37). The quantitative estimate of drug-likeness (QED) is 0.234. The van der Waals surface area contributed by atoms with Crippen molar-refractivity contribution in [2.75, 3.05) is 19.0 Å². The van der Waals surface area contributed by atoms with E-state index in [1.807, 2.05) is 0 Å². The van der Waals surface area contributed by atoms with Crippen molar-refractivity contribution in [1.29, 1.82) is 0 Å². The Bertz CT molecular complexity index is 1650. The molecule has 40 heavy (non-hydrogen) atoms. The van der Waals surface area contributed by atoms with E-state index < -0.39 is 0 Å². The Labute approximate surface area is 234 Å². The van der Waals surface area contributed by atoms with Crippen molar-refractivity contribution in [3.8, 4) is 5.75 Å². The number of rotatable bonds is 8. The van der Waals surface area contributed by atoms with Gasteiger partial charge in [0.05, 0.1) is 25.4 Å². The molecule has 3 heterocycles. The summed E-state index contributed by atoms with van der Waals surface area (Å²) in [5.41, 5.74) is 7.53. The number of aromatic amines is 1. The van der Waals surface area contributed by atoms with Crippen LogP contribution in [0.5, 0.6) is 5.75 Å². The molecular formula is C33H34N6O. The second-order valence-corrected chi connectivity index (χ2v) is 10.8. The minimum atomic E-state index is 0.165. The number of guanidine groups is 1. The molecule has 0 bridgehead atoms. The maximum absolute atomic E-state index is 5.38. The summed E-state index contributed by atoms with van der Waals surface area (Å²) < 4.78 is 7.51. The predicted molar refractivity (Wildman–Crippen MR) is 160 cm³/mol. The van der Waals surface area contributed by atoms with Gasteiger partial charge in [0.1, 0.15) is 11.6 Å². The number of anilines is 1. The van der Waals surface area contributed by atoms with Gasteiger partial charge in [-0.2, -0.15) is 5.10 Å². The average Bonchev–Trinajstić information content (AvgIpc) is 3.57. The Hall–Kier alpha value is -4.52. The van der Waals surface area contributed by atoms with Gasteiger partial charge in [0, 0.05) is 29.2 Å². The second kappa shape index (κ2) is 10.6.